The summed E-state index contributed by atoms with van der Waals surface area (Å²) < 4.78 is 6.71. The minimum atomic E-state index is -1.84. The van der Waals surface area contributed by atoms with Gasteiger partial charge in [0.1, 0.15) is 12.4 Å². The van der Waals surface area contributed by atoms with Crippen LogP contribution in [0.4, 0.5) is 0 Å². The van der Waals surface area contributed by atoms with Gasteiger partial charge < -0.3 is 40.8 Å². The van der Waals surface area contributed by atoms with E-state index in [1.54, 1.807) is 29.7 Å². The molecule has 2 aromatic heterocycles. The lowest BCUT2D eigenvalue weighted by atomic mass is 9.86. The van der Waals surface area contributed by atoms with Gasteiger partial charge in [-0.05, 0) is 44.8 Å². The molecule has 0 bridgehead atoms. The van der Waals surface area contributed by atoms with Gasteiger partial charge in [-0.1, -0.05) is 6.92 Å². The first-order chi connectivity index (χ1) is 14.7. The van der Waals surface area contributed by atoms with Crippen LogP contribution >= 0.6 is 12.4 Å². The SMILES string of the molecule is CC[C@@]1(O)C(=O)OCc2c1cc1n(c2=O)Cc2cc3c(CN(C)C)c(O)ccc3nc2-1.Cl.O.O.O. The van der Waals surface area contributed by atoms with Crippen molar-refractivity contribution in [2.24, 2.45) is 0 Å². The number of carbonyl (C=O) groups excluding carboxylic acids is 1. The number of halogens is 1. The standard InChI is InChI=1S/C23H23N3O5.ClH.3H2O/c1-4-23(30)16-8-18-20-12(9-26(18)21(28)15(16)11-31-22(23)29)7-13-14(10-25(2)3)19(27)6-5-17(13)24-20;;;;/h5-8,27,30H,4,9-11H2,1-3H3;1H;3*1H2/t23-;;;;/m0..../s1. The first-order valence-electron chi connectivity index (χ1n) is 10.2. The number of cyclic esters (lactones) is 1. The minimum Gasteiger partial charge on any atom is -0.508 e. The van der Waals surface area contributed by atoms with E-state index in [2.05, 4.69) is 0 Å². The summed E-state index contributed by atoms with van der Waals surface area (Å²) in [5, 5.41) is 22.2. The third kappa shape index (κ3) is 4.27. The molecule has 0 aliphatic carbocycles. The average Bonchev–Trinajstić information content (AvgIpc) is 3.10. The highest BCUT2D eigenvalue weighted by atomic mass is 35.5. The maximum atomic E-state index is 13.2. The van der Waals surface area contributed by atoms with Crippen molar-refractivity contribution in [2.45, 2.75) is 38.6 Å². The molecule has 12 heteroatoms. The van der Waals surface area contributed by atoms with E-state index in [4.69, 9.17) is 9.72 Å². The topological polar surface area (TPSA) is 199 Å². The summed E-state index contributed by atoms with van der Waals surface area (Å²) >= 11 is 0. The predicted octanol–water partition coefficient (Wildman–Crippen LogP) is -0.206. The number of ether oxygens (including phenoxy) is 1. The molecule has 0 saturated carbocycles. The molecule has 1 aromatic carbocycles. The van der Waals surface area contributed by atoms with Gasteiger partial charge >= 0.3 is 5.97 Å². The Kier molecular flexibility index (Phi) is 8.80. The number of aromatic hydroxyl groups is 1. The van der Waals surface area contributed by atoms with Gasteiger partial charge in [0.05, 0.1) is 29.0 Å². The van der Waals surface area contributed by atoms with Crippen molar-refractivity contribution in [2.75, 3.05) is 14.1 Å². The van der Waals surface area contributed by atoms with Crippen LogP contribution in [0.1, 0.15) is 35.6 Å². The van der Waals surface area contributed by atoms with E-state index in [1.165, 1.54) is 0 Å². The van der Waals surface area contributed by atoms with Gasteiger partial charge in [0.2, 0.25) is 0 Å². The van der Waals surface area contributed by atoms with Gasteiger partial charge in [0.15, 0.2) is 5.60 Å². The van der Waals surface area contributed by atoms with Gasteiger partial charge in [0, 0.05) is 28.6 Å². The molecule has 0 unspecified atom stereocenters. The first-order valence-corrected chi connectivity index (χ1v) is 10.2. The minimum absolute atomic E-state index is 0. The van der Waals surface area contributed by atoms with Gasteiger partial charge in [-0.15, -0.1) is 12.4 Å². The van der Waals surface area contributed by atoms with Crippen molar-refractivity contribution in [3.63, 3.8) is 0 Å². The fraction of sp³-hybridized carbons (Fsp3) is 0.348. The number of carbonyl (C=O) groups is 1. The van der Waals surface area contributed by atoms with Crippen LogP contribution < -0.4 is 5.56 Å². The van der Waals surface area contributed by atoms with E-state index in [1.807, 2.05) is 25.1 Å². The van der Waals surface area contributed by atoms with Gasteiger partial charge in [-0.3, -0.25) is 4.79 Å². The van der Waals surface area contributed by atoms with Gasteiger partial charge in [-0.25, -0.2) is 9.78 Å². The van der Waals surface area contributed by atoms with E-state index < -0.39 is 11.6 Å². The summed E-state index contributed by atoms with van der Waals surface area (Å²) in [6.07, 6.45) is 0.104. The number of benzene rings is 1. The molecule has 0 radical (unpaired) electrons. The van der Waals surface area contributed by atoms with Crippen LogP contribution in [-0.2, 0) is 34.8 Å². The largest absolute Gasteiger partial charge is 0.508 e. The average molecular weight is 512 g/mol. The fourth-order valence-corrected chi connectivity index (χ4v) is 4.58. The number of aliphatic hydroxyl groups is 1. The van der Waals surface area contributed by atoms with Crippen LogP contribution in [0.2, 0.25) is 0 Å². The second-order valence-corrected chi connectivity index (χ2v) is 8.47. The third-order valence-corrected chi connectivity index (χ3v) is 6.25. The number of hydrogen-bond donors (Lipinski definition) is 2. The van der Waals surface area contributed by atoms with Crippen LogP contribution in [0.25, 0.3) is 22.3 Å². The number of hydrogen-bond acceptors (Lipinski definition) is 7. The number of esters is 1. The zero-order valence-corrected chi connectivity index (χ0v) is 20.3. The molecular weight excluding hydrogens is 482 g/mol. The molecule has 0 spiro atoms. The third-order valence-electron chi connectivity index (χ3n) is 6.25. The van der Waals surface area contributed by atoms with E-state index in [0.717, 1.165) is 16.5 Å². The molecule has 0 fully saturated rings. The number of rotatable bonds is 3. The maximum Gasteiger partial charge on any atom is 0.343 e. The number of aromatic nitrogens is 2. The molecule has 3 aromatic rings. The zero-order valence-electron chi connectivity index (χ0n) is 19.5. The van der Waals surface area contributed by atoms with Gasteiger partial charge in [-0.2, -0.15) is 0 Å². The molecule has 35 heavy (non-hydrogen) atoms. The van der Waals surface area contributed by atoms with E-state index in [0.29, 0.717) is 41.1 Å². The van der Waals surface area contributed by atoms with Crippen molar-refractivity contribution in [1.82, 2.24) is 14.5 Å². The van der Waals surface area contributed by atoms with Crippen LogP contribution in [0.15, 0.2) is 29.1 Å². The van der Waals surface area contributed by atoms with E-state index in [-0.39, 0.29) is 53.2 Å². The lowest BCUT2D eigenvalue weighted by Crippen LogP contribution is -2.44. The Morgan fingerprint density at radius 1 is 1.17 bits per heavy atom. The quantitative estimate of drug-likeness (QED) is 0.354. The summed E-state index contributed by atoms with van der Waals surface area (Å²) in [6, 6.07) is 7.05. The molecule has 1 atom stereocenters. The van der Waals surface area contributed by atoms with Crippen molar-refractivity contribution >= 4 is 29.3 Å². The fourth-order valence-electron chi connectivity index (χ4n) is 4.58. The molecule has 11 nitrogen and oxygen atoms in total. The molecule has 2 aliphatic rings. The van der Waals surface area contributed by atoms with Crippen molar-refractivity contribution in [1.29, 1.82) is 0 Å². The highest BCUT2D eigenvalue weighted by Gasteiger charge is 2.45. The highest BCUT2D eigenvalue weighted by molar-refractivity contribution is 5.89. The van der Waals surface area contributed by atoms with E-state index >= 15 is 0 Å². The number of pyridine rings is 2. The molecular formula is C23H30ClN3O8. The highest BCUT2D eigenvalue weighted by Crippen LogP contribution is 2.39. The Hall–Kier alpha value is -3.06. The summed E-state index contributed by atoms with van der Waals surface area (Å²) in [4.78, 5) is 32.3. The Balaban J connectivity index is 0.00000153. The number of phenols is 1. The van der Waals surface area contributed by atoms with Crippen molar-refractivity contribution in [3.8, 4) is 17.1 Å². The lowest BCUT2D eigenvalue weighted by Gasteiger charge is -2.31. The Labute approximate surface area is 206 Å². The second kappa shape index (κ2) is 10.3. The summed E-state index contributed by atoms with van der Waals surface area (Å²) in [5.41, 5.74) is 2.03. The van der Waals surface area contributed by atoms with Crippen molar-refractivity contribution in [3.05, 3.63) is 56.9 Å². The molecule has 2 aliphatic heterocycles. The second-order valence-electron chi connectivity index (χ2n) is 8.47. The Morgan fingerprint density at radius 2 is 1.86 bits per heavy atom. The van der Waals surface area contributed by atoms with Crippen molar-refractivity contribution < 1.29 is 36.2 Å². The van der Waals surface area contributed by atoms with Crippen LogP contribution in [0, 0.1) is 0 Å². The smallest absolute Gasteiger partial charge is 0.343 e. The van der Waals surface area contributed by atoms with E-state index in [9.17, 15) is 19.8 Å². The van der Waals surface area contributed by atoms with Crippen LogP contribution in [0.5, 0.6) is 5.75 Å². The number of fused-ring (bicyclic) bond motifs is 5. The maximum absolute atomic E-state index is 13.2. The summed E-state index contributed by atoms with van der Waals surface area (Å²) in [7, 11) is 3.86. The lowest BCUT2D eigenvalue weighted by molar-refractivity contribution is -0.172. The predicted molar refractivity (Wildman–Crippen MR) is 132 cm³/mol. The molecule has 4 heterocycles. The molecule has 0 saturated heterocycles. The number of phenolic OH excluding ortho intramolecular Hbond substituents is 1. The van der Waals surface area contributed by atoms with Gasteiger partial charge in [0.25, 0.3) is 5.56 Å². The van der Waals surface area contributed by atoms with Crippen LogP contribution in [-0.4, -0.2) is 61.2 Å². The first kappa shape index (κ1) is 30.0. The number of nitrogens with zero attached hydrogens (tertiary/aromatic N) is 3. The molecule has 0 amide bonds. The normalized spacial score (nSPS) is 17.1. The molecule has 5 rings (SSSR count). The Bertz CT molecular complexity index is 1340. The monoisotopic (exact) mass is 511 g/mol. The summed E-state index contributed by atoms with van der Waals surface area (Å²) in [5.74, 6) is -0.532. The molecule has 8 N–H and O–H groups in total. The Morgan fingerprint density at radius 3 is 2.49 bits per heavy atom. The molecule has 192 valence electrons. The van der Waals surface area contributed by atoms with Crippen LogP contribution in [0.3, 0.4) is 0 Å². The zero-order chi connectivity index (χ0) is 22.1. The summed E-state index contributed by atoms with van der Waals surface area (Å²) in [6.45, 7) is 2.41.